The maximum absolute atomic E-state index is 13.4. The van der Waals surface area contributed by atoms with Crippen LogP contribution >= 0.6 is 0 Å². The molecule has 6 nitrogen and oxygen atoms in total. The molecule has 4 rings (SSSR count). The number of carbonyl (C=O) groups is 1. The summed E-state index contributed by atoms with van der Waals surface area (Å²) >= 11 is 0. The molecule has 1 aliphatic rings. The highest BCUT2D eigenvalue weighted by atomic mass is 16.5. The third-order valence-corrected chi connectivity index (χ3v) is 5.31. The average Bonchev–Trinajstić information content (AvgIpc) is 3.12. The van der Waals surface area contributed by atoms with Gasteiger partial charge in [0.25, 0.3) is 0 Å². The summed E-state index contributed by atoms with van der Waals surface area (Å²) in [5.41, 5.74) is 10.1. The molecule has 0 aliphatic heterocycles. The van der Waals surface area contributed by atoms with E-state index < -0.39 is 0 Å². The van der Waals surface area contributed by atoms with Crippen LogP contribution in [0.25, 0.3) is 11.1 Å². The number of carbonyl (C=O) groups excluding carboxylic acids is 1. The molecule has 1 heterocycles. The van der Waals surface area contributed by atoms with E-state index in [1.807, 2.05) is 44.2 Å². The van der Waals surface area contributed by atoms with Gasteiger partial charge < -0.3 is 19.9 Å². The lowest BCUT2D eigenvalue weighted by molar-refractivity contribution is 0.104. The molecule has 0 unspecified atom stereocenters. The molecule has 2 aromatic carbocycles. The zero-order chi connectivity index (χ0) is 22.5. The number of rotatable bonds is 10. The Kier molecular flexibility index (Phi) is 6.59. The Morgan fingerprint density at radius 1 is 0.812 bits per heavy atom. The van der Waals surface area contributed by atoms with Crippen LogP contribution in [-0.4, -0.2) is 30.6 Å². The summed E-state index contributed by atoms with van der Waals surface area (Å²) in [6.45, 7) is 5.54. The summed E-state index contributed by atoms with van der Waals surface area (Å²) < 4.78 is 18.0. The Morgan fingerprint density at radius 2 is 1.56 bits per heavy atom. The molecule has 0 saturated carbocycles. The van der Waals surface area contributed by atoms with Gasteiger partial charge in [0.1, 0.15) is 17.2 Å². The van der Waals surface area contributed by atoms with E-state index in [1.165, 1.54) is 0 Å². The summed E-state index contributed by atoms with van der Waals surface area (Å²) in [5, 5.41) is 0. The second kappa shape index (κ2) is 9.73. The van der Waals surface area contributed by atoms with E-state index >= 15 is 0 Å². The fraction of sp³-hybridized carbons (Fsp3) is 0.308. The first kappa shape index (κ1) is 21.7. The van der Waals surface area contributed by atoms with Crippen molar-refractivity contribution in [1.29, 1.82) is 0 Å². The second-order valence-corrected chi connectivity index (χ2v) is 7.66. The number of pyridine rings is 1. The minimum Gasteiger partial charge on any atom is -0.493 e. The number of benzene rings is 2. The van der Waals surface area contributed by atoms with Gasteiger partial charge in [-0.1, -0.05) is 32.0 Å². The van der Waals surface area contributed by atoms with Gasteiger partial charge in [-0.25, -0.2) is 0 Å². The summed E-state index contributed by atoms with van der Waals surface area (Å²) in [6, 6.07) is 13.1. The van der Waals surface area contributed by atoms with Gasteiger partial charge in [-0.2, -0.15) is 0 Å². The van der Waals surface area contributed by atoms with Gasteiger partial charge in [0.05, 0.1) is 31.1 Å². The summed E-state index contributed by atoms with van der Waals surface area (Å²) in [4.78, 5) is 17.7. The minimum atomic E-state index is -0.133. The molecule has 2 N–H and O–H groups in total. The third kappa shape index (κ3) is 4.13. The van der Waals surface area contributed by atoms with E-state index in [0.29, 0.717) is 65.9 Å². The van der Waals surface area contributed by atoms with Gasteiger partial charge in [-0.3, -0.25) is 9.78 Å². The molecule has 0 bridgehead atoms. The predicted molar refractivity (Wildman–Crippen MR) is 125 cm³/mol. The van der Waals surface area contributed by atoms with E-state index in [9.17, 15) is 4.79 Å². The monoisotopic (exact) mass is 432 g/mol. The highest BCUT2D eigenvalue weighted by molar-refractivity contribution is 6.26. The number of ether oxygens (including phenoxy) is 3. The van der Waals surface area contributed by atoms with Crippen LogP contribution in [0.15, 0.2) is 48.7 Å². The molecular formula is C26H28N2O4. The van der Waals surface area contributed by atoms with Crippen molar-refractivity contribution in [3.63, 3.8) is 0 Å². The molecule has 0 fully saturated rings. The van der Waals surface area contributed by atoms with Crippen LogP contribution in [0, 0.1) is 0 Å². The third-order valence-electron chi connectivity index (χ3n) is 5.31. The zero-order valence-corrected chi connectivity index (χ0v) is 18.5. The Hall–Kier alpha value is -3.54. The largest absolute Gasteiger partial charge is 0.493 e. The van der Waals surface area contributed by atoms with Crippen LogP contribution in [0.2, 0.25) is 0 Å². The van der Waals surface area contributed by atoms with Crippen molar-refractivity contribution in [3.8, 4) is 28.4 Å². The standard InChI is InChI=1S/C26H28N2O4/c1-3-13-30-20-16-21(31-14-4-2)25(27)24-23(20)22-18(26(24)29)9-7-10-19(22)32-15-11-17-8-5-6-12-28-17/h5-10,12,16H,3-4,11,13-15,27H2,1-2H3. The molecule has 0 atom stereocenters. The highest BCUT2D eigenvalue weighted by Crippen LogP contribution is 2.52. The number of nitrogen functional groups attached to an aromatic ring is 1. The molecule has 1 aromatic heterocycles. The van der Waals surface area contributed by atoms with E-state index in [2.05, 4.69) is 4.98 Å². The molecule has 6 heteroatoms. The fourth-order valence-corrected chi connectivity index (χ4v) is 3.84. The van der Waals surface area contributed by atoms with E-state index in [0.717, 1.165) is 24.1 Å². The predicted octanol–water partition coefficient (Wildman–Crippen LogP) is 5.07. The number of nitrogens with two attached hydrogens (primary N) is 1. The van der Waals surface area contributed by atoms with Gasteiger partial charge >= 0.3 is 0 Å². The van der Waals surface area contributed by atoms with Crippen molar-refractivity contribution in [1.82, 2.24) is 4.98 Å². The van der Waals surface area contributed by atoms with Gasteiger partial charge in [0.15, 0.2) is 5.78 Å². The number of fused-ring (bicyclic) bond motifs is 3. The molecule has 0 saturated heterocycles. The molecule has 1 aliphatic carbocycles. The summed E-state index contributed by atoms with van der Waals surface area (Å²) in [5.74, 6) is 1.57. The van der Waals surface area contributed by atoms with Crippen LogP contribution in [0.3, 0.4) is 0 Å². The molecular weight excluding hydrogens is 404 g/mol. The smallest absolute Gasteiger partial charge is 0.196 e. The molecule has 0 spiro atoms. The maximum atomic E-state index is 13.4. The zero-order valence-electron chi connectivity index (χ0n) is 18.5. The lowest BCUT2D eigenvalue weighted by atomic mass is 10.0. The Labute approximate surface area is 188 Å². The number of hydrogen-bond donors (Lipinski definition) is 1. The molecule has 3 aromatic rings. The fourth-order valence-electron chi connectivity index (χ4n) is 3.84. The average molecular weight is 433 g/mol. The lowest BCUT2D eigenvalue weighted by Crippen LogP contribution is -2.07. The first-order valence-corrected chi connectivity index (χ1v) is 11.1. The summed E-state index contributed by atoms with van der Waals surface area (Å²) in [7, 11) is 0. The van der Waals surface area contributed by atoms with E-state index in [4.69, 9.17) is 19.9 Å². The van der Waals surface area contributed by atoms with Gasteiger partial charge in [0, 0.05) is 41.1 Å². The van der Waals surface area contributed by atoms with Crippen molar-refractivity contribution < 1.29 is 19.0 Å². The first-order chi connectivity index (χ1) is 15.7. The number of nitrogens with zero attached hydrogens (tertiary/aromatic N) is 1. The molecule has 32 heavy (non-hydrogen) atoms. The van der Waals surface area contributed by atoms with Crippen LogP contribution in [0.4, 0.5) is 5.69 Å². The van der Waals surface area contributed by atoms with Crippen LogP contribution in [0.1, 0.15) is 48.3 Å². The second-order valence-electron chi connectivity index (χ2n) is 7.66. The Morgan fingerprint density at radius 3 is 2.28 bits per heavy atom. The number of anilines is 1. The van der Waals surface area contributed by atoms with Crippen molar-refractivity contribution in [2.75, 3.05) is 25.6 Å². The van der Waals surface area contributed by atoms with Crippen molar-refractivity contribution >= 4 is 11.5 Å². The highest BCUT2D eigenvalue weighted by Gasteiger charge is 2.36. The maximum Gasteiger partial charge on any atom is 0.196 e. The van der Waals surface area contributed by atoms with Crippen molar-refractivity contribution in [2.45, 2.75) is 33.1 Å². The molecule has 0 amide bonds. The van der Waals surface area contributed by atoms with Gasteiger partial charge in [-0.15, -0.1) is 0 Å². The van der Waals surface area contributed by atoms with Gasteiger partial charge in [-0.05, 0) is 31.0 Å². The normalized spacial score (nSPS) is 11.8. The lowest BCUT2D eigenvalue weighted by Gasteiger charge is -2.17. The number of hydrogen-bond acceptors (Lipinski definition) is 6. The quantitative estimate of drug-likeness (QED) is 0.352. The van der Waals surface area contributed by atoms with Crippen LogP contribution in [0.5, 0.6) is 17.2 Å². The van der Waals surface area contributed by atoms with E-state index in [1.54, 1.807) is 18.3 Å². The van der Waals surface area contributed by atoms with Gasteiger partial charge in [0.2, 0.25) is 0 Å². The van der Waals surface area contributed by atoms with Crippen molar-refractivity contribution in [3.05, 3.63) is 65.5 Å². The summed E-state index contributed by atoms with van der Waals surface area (Å²) in [6.07, 6.45) is 4.11. The Balaban J connectivity index is 1.73. The minimum absolute atomic E-state index is 0.133. The van der Waals surface area contributed by atoms with Crippen LogP contribution in [-0.2, 0) is 6.42 Å². The number of ketones is 1. The molecule has 0 radical (unpaired) electrons. The van der Waals surface area contributed by atoms with E-state index in [-0.39, 0.29) is 5.78 Å². The molecule has 166 valence electrons. The number of aromatic nitrogens is 1. The SMILES string of the molecule is CCCOc1cc(OCCC)c2c(c1N)C(=O)c1cccc(OCCc3ccccn3)c1-2. The van der Waals surface area contributed by atoms with Crippen molar-refractivity contribution in [2.24, 2.45) is 0 Å². The van der Waals surface area contributed by atoms with Crippen LogP contribution < -0.4 is 19.9 Å². The topological polar surface area (TPSA) is 83.7 Å². The first-order valence-electron chi connectivity index (χ1n) is 11.1. The Bertz CT molecular complexity index is 1110.